The second-order valence-corrected chi connectivity index (χ2v) is 11.5. The predicted octanol–water partition coefficient (Wildman–Crippen LogP) is 8.78. The lowest BCUT2D eigenvalue weighted by Crippen LogP contribution is -2.44. The number of hydrogen-bond acceptors (Lipinski definition) is 2. The predicted molar refractivity (Wildman–Crippen MR) is 138 cm³/mol. The smallest absolute Gasteiger partial charge is 0.330 e. The fourth-order valence-corrected chi connectivity index (χ4v) is 6.99. The summed E-state index contributed by atoms with van der Waals surface area (Å²) in [6, 6.07) is 9.78. The molecule has 0 N–H and O–H groups in total. The number of hydrogen-bond donors (Lipinski definition) is 0. The van der Waals surface area contributed by atoms with Gasteiger partial charge < -0.3 is 4.74 Å². The number of allylic oxidation sites excluding steroid dienone is 1. The third-order valence-corrected chi connectivity index (χ3v) is 9.37. The molecule has 4 aliphatic rings. The first kappa shape index (κ1) is 24.6. The Hall–Kier alpha value is -1.57. The minimum Gasteiger partial charge on any atom is -0.459 e. The summed E-state index contributed by atoms with van der Waals surface area (Å²) in [4.78, 5) is 12.0. The molecule has 33 heavy (non-hydrogen) atoms. The van der Waals surface area contributed by atoms with Crippen LogP contribution in [0.2, 0.25) is 0 Å². The van der Waals surface area contributed by atoms with Crippen molar-refractivity contribution in [1.29, 1.82) is 0 Å². The molecule has 2 heteroatoms. The summed E-state index contributed by atoms with van der Waals surface area (Å²) in [5, 5.41) is 0. The molecule has 2 nitrogen and oxygen atoms in total. The molecule has 1 aromatic rings. The first-order valence-corrected chi connectivity index (χ1v) is 14.1. The summed E-state index contributed by atoms with van der Waals surface area (Å²) in [5.41, 5.74) is 4.24. The van der Waals surface area contributed by atoms with Gasteiger partial charge in [-0.2, -0.15) is 0 Å². The fraction of sp³-hybridized carbons (Fsp3) is 0.710. The summed E-state index contributed by atoms with van der Waals surface area (Å²) >= 11 is 0. The van der Waals surface area contributed by atoms with Crippen LogP contribution in [0.15, 0.2) is 36.4 Å². The van der Waals surface area contributed by atoms with Crippen LogP contribution in [-0.2, 0) is 14.9 Å². The van der Waals surface area contributed by atoms with Gasteiger partial charge in [-0.3, -0.25) is 0 Å². The van der Waals surface area contributed by atoms with Crippen molar-refractivity contribution in [2.45, 2.75) is 134 Å². The molecular weight excluding hydrogens is 404 g/mol. The highest BCUT2D eigenvalue weighted by Gasteiger charge is 2.48. The number of fused-ring (bicyclic) bond motifs is 3. The summed E-state index contributed by atoms with van der Waals surface area (Å²) in [6.45, 7) is 4.44. The average Bonchev–Trinajstić information content (AvgIpc) is 2.86. The molecule has 0 unspecified atom stereocenters. The number of benzene rings is 1. The van der Waals surface area contributed by atoms with Crippen molar-refractivity contribution < 1.29 is 9.53 Å². The van der Waals surface area contributed by atoms with E-state index in [1.54, 1.807) is 11.6 Å². The summed E-state index contributed by atoms with van der Waals surface area (Å²) in [6.07, 6.45) is 24.1. The highest BCUT2D eigenvalue weighted by Crippen LogP contribution is 2.59. The van der Waals surface area contributed by atoms with Crippen molar-refractivity contribution in [3.8, 4) is 0 Å². The molecule has 4 fully saturated rings. The van der Waals surface area contributed by atoms with E-state index in [2.05, 4.69) is 38.1 Å². The summed E-state index contributed by atoms with van der Waals surface area (Å²) in [7, 11) is 0. The maximum absolute atomic E-state index is 12.0. The minimum absolute atomic E-state index is 0.0975. The monoisotopic (exact) mass is 450 g/mol. The molecule has 4 saturated carbocycles. The van der Waals surface area contributed by atoms with Crippen molar-refractivity contribution in [2.75, 3.05) is 0 Å². The first-order valence-electron chi connectivity index (χ1n) is 14.1. The Morgan fingerprint density at radius 1 is 0.909 bits per heavy atom. The van der Waals surface area contributed by atoms with Crippen LogP contribution in [0.25, 0.3) is 0 Å². The zero-order chi connectivity index (χ0) is 23.2. The Morgan fingerprint density at radius 2 is 1.58 bits per heavy atom. The maximum Gasteiger partial charge on any atom is 0.330 e. The normalized spacial score (nSPS) is 31.7. The van der Waals surface area contributed by atoms with Crippen LogP contribution in [-0.4, -0.2) is 12.1 Å². The number of rotatable bonds is 10. The van der Waals surface area contributed by atoms with Gasteiger partial charge in [0.05, 0.1) is 0 Å². The van der Waals surface area contributed by atoms with E-state index >= 15 is 0 Å². The van der Waals surface area contributed by atoms with Gasteiger partial charge in [-0.15, -0.1) is 0 Å². The van der Waals surface area contributed by atoms with Crippen LogP contribution < -0.4 is 0 Å². The molecular formula is C31H46O2. The van der Waals surface area contributed by atoms with Gasteiger partial charge in [-0.25, -0.2) is 4.79 Å². The van der Waals surface area contributed by atoms with E-state index in [1.807, 2.05) is 6.08 Å². The number of esters is 1. The van der Waals surface area contributed by atoms with Gasteiger partial charge in [0, 0.05) is 6.08 Å². The Balaban J connectivity index is 1.27. The highest BCUT2D eigenvalue weighted by molar-refractivity contribution is 5.82. The van der Waals surface area contributed by atoms with Crippen LogP contribution in [0.5, 0.6) is 0 Å². The Morgan fingerprint density at radius 3 is 2.18 bits per heavy atom. The lowest BCUT2D eigenvalue weighted by Gasteiger charge is -2.54. The van der Waals surface area contributed by atoms with E-state index in [-0.39, 0.29) is 12.1 Å². The van der Waals surface area contributed by atoms with E-state index in [0.29, 0.717) is 16.7 Å². The molecule has 2 bridgehead atoms. The van der Waals surface area contributed by atoms with Gasteiger partial charge in [0.2, 0.25) is 0 Å². The van der Waals surface area contributed by atoms with Gasteiger partial charge in [0.15, 0.2) is 0 Å². The molecule has 4 aliphatic carbocycles. The zero-order valence-corrected chi connectivity index (χ0v) is 21.2. The minimum atomic E-state index is -0.162. The second kappa shape index (κ2) is 11.2. The largest absolute Gasteiger partial charge is 0.459 e. The van der Waals surface area contributed by atoms with Crippen molar-refractivity contribution >= 4 is 5.97 Å². The number of carbonyl (C=O) groups excluding carboxylic acids is 1. The topological polar surface area (TPSA) is 26.3 Å². The molecule has 5 rings (SSSR count). The summed E-state index contributed by atoms with van der Waals surface area (Å²) < 4.78 is 5.67. The number of unbranched alkanes of at least 4 members (excludes halogenated alkanes) is 3. The van der Waals surface area contributed by atoms with Crippen molar-refractivity contribution in [1.82, 2.24) is 0 Å². The number of ether oxygens (including phenoxy) is 1. The standard InChI is InChI=1S/C31H46O2/c1-3-5-7-9-29(32)33-28-16-12-26(13-17-28)25-10-14-27(15-11-25)31-22-19-30(20-23-31,21-24-31)18-8-6-4-2/h7,9-11,14-15,26,28H,3-6,8,12-13,16-24H2,1-2H3/b9-7+. The molecule has 182 valence electrons. The lowest BCUT2D eigenvalue weighted by molar-refractivity contribution is -0.144. The average molecular weight is 451 g/mol. The van der Waals surface area contributed by atoms with Crippen LogP contribution in [0, 0.1) is 5.41 Å². The Kier molecular flexibility index (Phi) is 8.36. The van der Waals surface area contributed by atoms with Gasteiger partial charge in [-0.05, 0) is 105 Å². The molecule has 0 saturated heterocycles. The SMILES string of the molecule is CCC/C=C/C(=O)OC1CCC(c2ccc(C34CCC(CCCCC)(CC3)CC4)cc2)CC1. The molecule has 1 aromatic carbocycles. The third-order valence-electron chi connectivity index (χ3n) is 9.37. The van der Waals surface area contributed by atoms with Crippen LogP contribution in [0.3, 0.4) is 0 Å². The van der Waals surface area contributed by atoms with Crippen molar-refractivity contribution in [3.05, 3.63) is 47.5 Å². The second-order valence-electron chi connectivity index (χ2n) is 11.5. The van der Waals surface area contributed by atoms with Crippen LogP contribution in [0.1, 0.15) is 134 Å². The van der Waals surface area contributed by atoms with E-state index < -0.39 is 0 Å². The third kappa shape index (κ3) is 5.92. The van der Waals surface area contributed by atoms with E-state index in [9.17, 15) is 4.79 Å². The molecule has 0 radical (unpaired) electrons. The first-order chi connectivity index (χ1) is 16.1. The van der Waals surface area contributed by atoms with Gasteiger partial charge in [-0.1, -0.05) is 69.9 Å². The molecule has 0 spiro atoms. The van der Waals surface area contributed by atoms with Gasteiger partial charge >= 0.3 is 5.97 Å². The van der Waals surface area contributed by atoms with E-state index in [1.165, 1.54) is 69.8 Å². The molecule has 0 amide bonds. The Labute approximate surface area is 202 Å². The van der Waals surface area contributed by atoms with E-state index in [4.69, 9.17) is 4.74 Å². The van der Waals surface area contributed by atoms with Gasteiger partial charge in [0.25, 0.3) is 0 Å². The lowest BCUT2D eigenvalue weighted by atomic mass is 9.51. The van der Waals surface area contributed by atoms with Gasteiger partial charge in [0.1, 0.15) is 6.10 Å². The van der Waals surface area contributed by atoms with Crippen molar-refractivity contribution in [3.63, 3.8) is 0 Å². The van der Waals surface area contributed by atoms with E-state index in [0.717, 1.165) is 38.5 Å². The number of carbonyl (C=O) groups is 1. The van der Waals surface area contributed by atoms with Crippen LogP contribution >= 0.6 is 0 Å². The van der Waals surface area contributed by atoms with Crippen molar-refractivity contribution in [2.24, 2.45) is 5.41 Å². The Bertz CT molecular complexity index is 757. The quantitative estimate of drug-likeness (QED) is 0.202. The highest BCUT2D eigenvalue weighted by atomic mass is 16.5. The summed E-state index contributed by atoms with van der Waals surface area (Å²) in [5.74, 6) is 0.455. The molecule has 0 atom stereocenters. The molecule has 0 aliphatic heterocycles. The zero-order valence-electron chi connectivity index (χ0n) is 21.2. The fourth-order valence-electron chi connectivity index (χ4n) is 6.99. The maximum atomic E-state index is 12.0. The molecule has 0 aromatic heterocycles. The van der Waals surface area contributed by atoms with Crippen LogP contribution in [0.4, 0.5) is 0 Å². The molecule has 0 heterocycles.